The van der Waals surface area contributed by atoms with Gasteiger partial charge in [-0.05, 0) is 12.1 Å². The van der Waals surface area contributed by atoms with E-state index in [9.17, 15) is 25.9 Å². The van der Waals surface area contributed by atoms with Crippen LogP contribution < -0.4 is 4.90 Å². The summed E-state index contributed by atoms with van der Waals surface area (Å²) in [6, 6.07) is 1.98. The summed E-state index contributed by atoms with van der Waals surface area (Å²) in [5, 5.41) is 0. The van der Waals surface area contributed by atoms with Gasteiger partial charge in [0, 0.05) is 23.4 Å². The molecule has 1 amide bonds. The lowest BCUT2D eigenvalue weighted by atomic mass is 10.1. The second-order valence-electron chi connectivity index (χ2n) is 4.50. The number of carbonyl (C=O) groups is 1. The van der Waals surface area contributed by atoms with Crippen LogP contribution in [0.15, 0.2) is 16.6 Å². The topological polar surface area (TPSA) is 54.5 Å². The van der Waals surface area contributed by atoms with Gasteiger partial charge in [-0.15, -0.1) is 3.89 Å². The number of carbonyl (C=O) groups excluding carboxylic acids is 1. The van der Waals surface area contributed by atoms with E-state index < -0.39 is 45.1 Å². The van der Waals surface area contributed by atoms with Crippen LogP contribution in [0.3, 0.4) is 0 Å². The van der Waals surface area contributed by atoms with Crippen LogP contribution in [0.1, 0.15) is 6.42 Å². The first-order valence-corrected chi connectivity index (χ1v) is 7.89. The molecular weight excluding hydrogens is 363 g/mol. The average Bonchev–Trinajstić information content (AvgIpc) is 2.55. The first kappa shape index (κ1) is 15.3. The molecule has 1 aliphatic rings. The smallest absolute Gasteiger partial charge is 0.302 e. The van der Waals surface area contributed by atoms with Gasteiger partial charge in [0.05, 0.1) is 5.75 Å². The minimum Gasteiger partial charge on any atom is -0.307 e. The van der Waals surface area contributed by atoms with Crippen LogP contribution in [0.25, 0.3) is 0 Å². The maximum atomic E-state index is 13.7. The van der Waals surface area contributed by atoms with Crippen molar-refractivity contribution in [1.29, 1.82) is 0 Å². The highest BCUT2D eigenvalue weighted by molar-refractivity contribution is 9.10. The number of rotatable bonds is 3. The molecule has 0 saturated carbocycles. The summed E-state index contributed by atoms with van der Waals surface area (Å²) < 4.78 is 61.4. The largest absolute Gasteiger partial charge is 0.307 e. The monoisotopic (exact) mass is 371 g/mol. The second-order valence-corrected chi connectivity index (χ2v) is 6.82. The van der Waals surface area contributed by atoms with E-state index in [0.717, 1.165) is 17.0 Å². The fourth-order valence-electron chi connectivity index (χ4n) is 2.18. The molecule has 1 aromatic carbocycles. The van der Waals surface area contributed by atoms with Crippen molar-refractivity contribution in [3.8, 4) is 0 Å². The quantitative estimate of drug-likeness (QED) is 0.766. The van der Waals surface area contributed by atoms with Crippen molar-refractivity contribution in [1.82, 2.24) is 0 Å². The summed E-state index contributed by atoms with van der Waals surface area (Å²) in [6.45, 7) is -0.239. The number of hydrogen-bond acceptors (Lipinski definition) is 3. The van der Waals surface area contributed by atoms with Crippen LogP contribution in [0.2, 0.25) is 0 Å². The summed E-state index contributed by atoms with van der Waals surface area (Å²) in [7, 11) is -4.74. The molecule has 1 aliphatic heterocycles. The summed E-state index contributed by atoms with van der Waals surface area (Å²) in [4.78, 5) is 12.5. The molecular formula is C11H9BrF3NO3S. The summed E-state index contributed by atoms with van der Waals surface area (Å²) >= 11 is 2.91. The molecule has 1 aromatic rings. The molecule has 20 heavy (non-hydrogen) atoms. The average molecular weight is 372 g/mol. The third-order valence-corrected chi connectivity index (χ3v) is 4.22. The first-order chi connectivity index (χ1) is 9.17. The molecule has 0 spiro atoms. The lowest BCUT2D eigenvalue weighted by molar-refractivity contribution is -0.117. The molecule has 1 atom stereocenters. The fraction of sp³-hybridized carbons (Fsp3) is 0.364. The Labute approximate surface area is 121 Å². The molecule has 0 aromatic heterocycles. The van der Waals surface area contributed by atoms with Crippen LogP contribution in [-0.4, -0.2) is 26.6 Å². The van der Waals surface area contributed by atoms with E-state index in [-0.39, 0.29) is 17.4 Å². The molecule has 110 valence electrons. The third kappa shape index (κ3) is 3.32. The zero-order chi connectivity index (χ0) is 15.1. The Morgan fingerprint density at radius 1 is 1.30 bits per heavy atom. The van der Waals surface area contributed by atoms with Gasteiger partial charge in [-0.1, -0.05) is 15.9 Å². The molecule has 9 heteroatoms. The molecule has 0 N–H and O–H groups in total. The highest BCUT2D eigenvalue weighted by Gasteiger charge is 2.36. The molecule has 4 nitrogen and oxygen atoms in total. The van der Waals surface area contributed by atoms with Crippen LogP contribution >= 0.6 is 15.9 Å². The van der Waals surface area contributed by atoms with Gasteiger partial charge in [-0.25, -0.2) is 8.78 Å². The van der Waals surface area contributed by atoms with E-state index in [1.807, 2.05) is 0 Å². The molecule has 1 saturated heterocycles. The predicted octanol–water partition coefficient (Wildman–Crippen LogP) is 2.38. The van der Waals surface area contributed by atoms with Gasteiger partial charge in [0.2, 0.25) is 5.91 Å². The van der Waals surface area contributed by atoms with Gasteiger partial charge in [-0.3, -0.25) is 4.79 Å². The molecule has 0 radical (unpaired) electrons. The third-order valence-electron chi connectivity index (χ3n) is 2.89. The van der Waals surface area contributed by atoms with E-state index in [2.05, 4.69) is 15.9 Å². The Morgan fingerprint density at radius 3 is 2.35 bits per heavy atom. The maximum absolute atomic E-state index is 13.7. The lowest BCUT2D eigenvalue weighted by Gasteiger charge is -2.18. The number of nitrogens with zero attached hydrogens (tertiary/aromatic N) is 1. The van der Waals surface area contributed by atoms with Crippen LogP contribution in [0.4, 0.5) is 18.4 Å². The minimum absolute atomic E-state index is 0.172. The fourth-order valence-corrected chi connectivity index (χ4v) is 3.37. The lowest BCUT2D eigenvalue weighted by Crippen LogP contribution is -2.27. The highest BCUT2D eigenvalue weighted by Crippen LogP contribution is 2.32. The van der Waals surface area contributed by atoms with Gasteiger partial charge in [0.25, 0.3) is 0 Å². The second kappa shape index (κ2) is 5.36. The van der Waals surface area contributed by atoms with Crippen molar-refractivity contribution in [2.45, 2.75) is 6.42 Å². The van der Waals surface area contributed by atoms with E-state index >= 15 is 0 Å². The van der Waals surface area contributed by atoms with Gasteiger partial charge in [0.1, 0.15) is 5.69 Å². The standard InChI is InChI=1S/C11H9BrF3NO3S/c12-7-2-8(13)11(9(14)3-7)16-4-6(1-10(16)17)5-20(15,18)19/h2-3,6H,1,4-5H2. The van der Waals surface area contributed by atoms with Crippen molar-refractivity contribution in [2.24, 2.45) is 5.92 Å². The normalized spacial score (nSPS) is 19.7. The van der Waals surface area contributed by atoms with Crippen LogP contribution in [-0.2, 0) is 15.0 Å². The Balaban J connectivity index is 2.29. The summed E-state index contributed by atoms with van der Waals surface area (Å²) in [6.07, 6.45) is -0.266. The maximum Gasteiger partial charge on any atom is 0.302 e. The van der Waals surface area contributed by atoms with Crippen molar-refractivity contribution in [2.75, 3.05) is 17.2 Å². The molecule has 2 rings (SSSR count). The Hall–Kier alpha value is -1.09. The van der Waals surface area contributed by atoms with Crippen molar-refractivity contribution >= 4 is 37.7 Å². The van der Waals surface area contributed by atoms with E-state index in [1.165, 1.54) is 0 Å². The molecule has 0 bridgehead atoms. The van der Waals surface area contributed by atoms with Crippen molar-refractivity contribution < 1.29 is 25.9 Å². The van der Waals surface area contributed by atoms with Gasteiger partial charge in [-0.2, -0.15) is 8.42 Å². The zero-order valence-electron chi connectivity index (χ0n) is 9.95. The Morgan fingerprint density at radius 2 is 1.85 bits per heavy atom. The number of amides is 1. The number of halogens is 4. The molecule has 1 fully saturated rings. The summed E-state index contributed by atoms with van der Waals surface area (Å²) in [5.74, 6) is -4.20. The van der Waals surface area contributed by atoms with Crippen LogP contribution in [0, 0.1) is 17.6 Å². The van der Waals surface area contributed by atoms with Crippen LogP contribution in [0.5, 0.6) is 0 Å². The first-order valence-electron chi connectivity index (χ1n) is 5.54. The SMILES string of the molecule is O=C1CC(CS(=O)(=O)F)CN1c1c(F)cc(Br)cc1F. The van der Waals surface area contributed by atoms with Crippen molar-refractivity contribution in [3.63, 3.8) is 0 Å². The van der Waals surface area contributed by atoms with Gasteiger partial charge < -0.3 is 4.90 Å². The number of hydrogen-bond donors (Lipinski definition) is 0. The summed E-state index contributed by atoms with van der Waals surface area (Å²) in [5.41, 5.74) is -0.544. The van der Waals surface area contributed by atoms with Gasteiger partial charge >= 0.3 is 10.2 Å². The van der Waals surface area contributed by atoms with Gasteiger partial charge in [0.15, 0.2) is 11.6 Å². The molecule has 1 heterocycles. The Kier molecular flexibility index (Phi) is 4.10. The number of anilines is 1. The van der Waals surface area contributed by atoms with E-state index in [1.54, 1.807) is 0 Å². The predicted molar refractivity (Wildman–Crippen MR) is 69.4 cm³/mol. The van der Waals surface area contributed by atoms with Crippen molar-refractivity contribution in [3.05, 3.63) is 28.2 Å². The zero-order valence-corrected chi connectivity index (χ0v) is 12.3. The Bertz CT molecular complexity index is 642. The number of benzene rings is 1. The molecule has 0 aliphatic carbocycles. The van der Waals surface area contributed by atoms with E-state index in [4.69, 9.17) is 0 Å². The highest BCUT2D eigenvalue weighted by atomic mass is 79.9. The molecule has 1 unspecified atom stereocenters. The van der Waals surface area contributed by atoms with E-state index in [0.29, 0.717) is 0 Å². The minimum atomic E-state index is -4.74.